The topological polar surface area (TPSA) is 201 Å². The van der Waals surface area contributed by atoms with Crippen LogP contribution < -0.4 is 5.32 Å². The molecule has 0 unspecified atom stereocenters. The second kappa shape index (κ2) is 13.2. The number of ether oxygens (including phenoxy) is 4. The van der Waals surface area contributed by atoms with Gasteiger partial charge in [-0.2, -0.15) is 5.26 Å². The summed E-state index contributed by atoms with van der Waals surface area (Å²) in [5.41, 5.74) is 1.10. The number of carbonyl (C=O) groups is 2. The van der Waals surface area contributed by atoms with Gasteiger partial charge in [0.15, 0.2) is 11.4 Å². The van der Waals surface area contributed by atoms with Crippen molar-refractivity contribution in [1.29, 1.82) is 5.26 Å². The monoisotopic (exact) mass is 628 g/mol. The Bertz CT molecular complexity index is 1380. The minimum atomic E-state index is -4.06. The molecule has 0 bridgehead atoms. The van der Waals surface area contributed by atoms with E-state index in [1.165, 1.54) is 4.57 Å². The summed E-state index contributed by atoms with van der Waals surface area (Å²) < 4.78 is 45.5. The SMILES string of the molecule is N#Cc1c(Cl)nc2c(ccn2[C@@H]2O[C@H](COCP3(=O)OCOC(=O)CCC(=O)OCO3)[C@@H](O)[C@H]2O)c1NC1CCCC1. The van der Waals surface area contributed by atoms with Crippen molar-refractivity contribution in [2.24, 2.45) is 0 Å². The number of halogens is 1. The number of aliphatic hydroxyl groups is 2. The number of aliphatic hydroxyl groups excluding tert-OH is 2. The molecular formula is C25H30ClN4O11P. The lowest BCUT2D eigenvalue weighted by molar-refractivity contribution is -0.154. The van der Waals surface area contributed by atoms with Gasteiger partial charge in [0.05, 0.1) is 25.1 Å². The number of nitrogens with one attached hydrogen (secondary N) is 1. The fourth-order valence-electron chi connectivity index (χ4n) is 5.05. The maximum Gasteiger partial charge on any atom is 0.361 e. The summed E-state index contributed by atoms with van der Waals surface area (Å²) in [6.07, 6.45) is -0.405. The van der Waals surface area contributed by atoms with Crippen molar-refractivity contribution >= 4 is 47.9 Å². The molecule has 3 aliphatic rings. The lowest BCUT2D eigenvalue weighted by Gasteiger charge is -2.20. The van der Waals surface area contributed by atoms with Crippen LogP contribution in [0.1, 0.15) is 50.3 Å². The number of fused-ring (bicyclic) bond motifs is 1. The van der Waals surface area contributed by atoms with Gasteiger partial charge in [-0.3, -0.25) is 23.2 Å². The van der Waals surface area contributed by atoms with E-state index in [2.05, 4.69) is 16.4 Å². The number of aromatic nitrogens is 2. The molecule has 42 heavy (non-hydrogen) atoms. The van der Waals surface area contributed by atoms with Crippen LogP contribution in [0.5, 0.6) is 0 Å². The van der Waals surface area contributed by atoms with Crippen molar-refractivity contribution in [2.45, 2.75) is 69.1 Å². The van der Waals surface area contributed by atoms with E-state index in [0.29, 0.717) is 16.7 Å². The fraction of sp³-hybridized carbons (Fsp3) is 0.600. The van der Waals surface area contributed by atoms with Gasteiger partial charge in [0.2, 0.25) is 13.6 Å². The summed E-state index contributed by atoms with van der Waals surface area (Å²) in [6, 6.07) is 4.03. The average molecular weight is 629 g/mol. The number of esters is 2. The minimum absolute atomic E-state index is 0.0131. The van der Waals surface area contributed by atoms with Crippen LogP contribution in [0.25, 0.3) is 11.0 Å². The maximum atomic E-state index is 13.0. The molecular weight excluding hydrogens is 599 g/mol. The van der Waals surface area contributed by atoms with Gasteiger partial charge in [-0.1, -0.05) is 24.4 Å². The molecule has 1 aliphatic carbocycles. The highest BCUT2D eigenvalue weighted by Crippen LogP contribution is 2.48. The first-order valence-corrected chi connectivity index (χ1v) is 15.4. The minimum Gasteiger partial charge on any atom is -0.438 e. The van der Waals surface area contributed by atoms with Crippen molar-refractivity contribution in [1.82, 2.24) is 9.55 Å². The summed E-state index contributed by atoms with van der Waals surface area (Å²) >= 11 is 6.38. The van der Waals surface area contributed by atoms with Gasteiger partial charge in [-0.25, -0.2) is 4.98 Å². The molecule has 3 fully saturated rings. The summed E-state index contributed by atoms with van der Waals surface area (Å²) in [5.74, 6) is -1.50. The Kier molecular flexibility index (Phi) is 9.66. The lowest BCUT2D eigenvalue weighted by Crippen LogP contribution is -2.34. The molecule has 2 aromatic heterocycles. The zero-order chi connectivity index (χ0) is 29.9. The molecule has 5 rings (SSSR count). The Balaban J connectivity index is 1.27. The van der Waals surface area contributed by atoms with Crippen LogP contribution in [0.3, 0.4) is 0 Å². The molecule has 3 N–H and O–H groups in total. The summed E-state index contributed by atoms with van der Waals surface area (Å²) in [5, 5.41) is 35.3. The average Bonchev–Trinajstić information content (AvgIpc) is 3.68. The number of cyclic esters (lactones) is 2. The highest BCUT2D eigenvalue weighted by atomic mass is 35.5. The van der Waals surface area contributed by atoms with E-state index in [-0.39, 0.29) is 36.2 Å². The van der Waals surface area contributed by atoms with Crippen LogP contribution in [0.4, 0.5) is 5.69 Å². The molecule has 4 heterocycles. The zero-order valence-electron chi connectivity index (χ0n) is 22.3. The Hall–Kier alpha value is -2.80. The molecule has 0 aromatic carbocycles. The summed E-state index contributed by atoms with van der Waals surface area (Å²) in [6.45, 7) is -1.73. The number of hydrogen-bond acceptors (Lipinski definition) is 14. The van der Waals surface area contributed by atoms with Crippen LogP contribution in [0.15, 0.2) is 12.3 Å². The molecule has 4 atom stereocenters. The van der Waals surface area contributed by atoms with Gasteiger partial charge >= 0.3 is 19.5 Å². The van der Waals surface area contributed by atoms with Gasteiger partial charge in [0.25, 0.3) is 0 Å². The van der Waals surface area contributed by atoms with Crippen molar-refractivity contribution < 1.29 is 52.4 Å². The Labute approximate surface area is 245 Å². The second-order valence-corrected chi connectivity index (χ2v) is 12.4. The van der Waals surface area contributed by atoms with Crippen molar-refractivity contribution in [2.75, 3.05) is 31.9 Å². The van der Waals surface area contributed by atoms with E-state index in [4.69, 9.17) is 39.6 Å². The van der Waals surface area contributed by atoms with Gasteiger partial charge in [-0.05, 0) is 18.9 Å². The third kappa shape index (κ3) is 6.72. The quantitative estimate of drug-likeness (QED) is 0.229. The number of nitrogens with zero attached hydrogens (tertiary/aromatic N) is 3. The maximum absolute atomic E-state index is 13.0. The van der Waals surface area contributed by atoms with E-state index < -0.39 is 64.0 Å². The number of nitriles is 1. The van der Waals surface area contributed by atoms with Crippen LogP contribution in [-0.4, -0.2) is 82.6 Å². The first kappa shape index (κ1) is 30.7. The Morgan fingerprint density at radius 2 is 1.81 bits per heavy atom. The Morgan fingerprint density at radius 1 is 1.14 bits per heavy atom. The zero-order valence-corrected chi connectivity index (χ0v) is 24.0. The summed E-state index contributed by atoms with van der Waals surface area (Å²) in [4.78, 5) is 27.6. The molecule has 2 aromatic rings. The molecule has 0 spiro atoms. The second-order valence-electron chi connectivity index (χ2n) is 10.0. The molecule has 0 amide bonds. The van der Waals surface area contributed by atoms with E-state index in [0.717, 1.165) is 25.7 Å². The number of anilines is 1. The third-order valence-corrected chi connectivity index (χ3v) is 9.02. The molecule has 1 saturated carbocycles. The molecule has 0 radical (unpaired) electrons. The fourth-order valence-corrected chi connectivity index (χ4v) is 6.25. The number of pyridine rings is 1. The van der Waals surface area contributed by atoms with Crippen LogP contribution in [0, 0.1) is 11.3 Å². The number of rotatable bonds is 7. The van der Waals surface area contributed by atoms with Gasteiger partial charge in [0, 0.05) is 17.6 Å². The van der Waals surface area contributed by atoms with E-state index in [1.807, 2.05) is 0 Å². The molecule has 2 aliphatic heterocycles. The first-order chi connectivity index (χ1) is 20.2. The van der Waals surface area contributed by atoms with Crippen molar-refractivity contribution in [3.63, 3.8) is 0 Å². The molecule has 228 valence electrons. The van der Waals surface area contributed by atoms with E-state index in [9.17, 15) is 29.6 Å². The number of carbonyl (C=O) groups excluding carboxylic acids is 2. The van der Waals surface area contributed by atoms with Crippen LogP contribution >= 0.6 is 19.2 Å². The molecule has 2 saturated heterocycles. The summed E-state index contributed by atoms with van der Waals surface area (Å²) in [7, 11) is -4.06. The number of hydrogen-bond donors (Lipinski definition) is 3. The molecule has 17 heteroatoms. The lowest BCUT2D eigenvalue weighted by atomic mass is 10.1. The third-order valence-electron chi connectivity index (χ3n) is 7.25. The predicted octanol–water partition coefficient (Wildman–Crippen LogP) is 2.53. The Morgan fingerprint density at radius 3 is 2.45 bits per heavy atom. The smallest absolute Gasteiger partial charge is 0.361 e. The first-order valence-electron chi connectivity index (χ1n) is 13.3. The molecule has 15 nitrogen and oxygen atoms in total. The largest absolute Gasteiger partial charge is 0.438 e. The normalized spacial score (nSPS) is 27.3. The van der Waals surface area contributed by atoms with Gasteiger partial charge < -0.3 is 39.0 Å². The van der Waals surface area contributed by atoms with Gasteiger partial charge in [0.1, 0.15) is 41.9 Å². The van der Waals surface area contributed by atoms with Gasteiger partial charge in [-0.15, -0.1) is 0 Å². The van der Waals surface area contributed by atoms with Crippen molar-refractivity contribution in [3.05, 3.63) is 23.0 Å². The van der Waals surface area contributed by atoms with Crippen molar-refractivity contribution in [3.8, 4) is 6.07 Å². The predicted molar refractivity (Wildman–Crippen MR) is 143 cm³/mol. The highest BCUT2D eigenvalue weighted by molar-refractivity contribution is 7.53. The highest BCUT2D eigenvalue weighted by Gasteiger charge is 2.45. The van der Waals surface area contributed by atoms with E-state index in [1.54, 1.807) is 12.3 Å². The van der Waals surface area contributed by atoms with Crippen LogP contribution in [-0.2, 0) is 42.1 Å². The van der Waals surface area contributed by atoms with Crippen LogP contribution in [0.2, 0.25) is 5.15 Å². The van der Waals surface area contributed by atoms with E-state index >= 15 is 0 Å². The standard InChI is InChI=1S/C25H30ClN4O11P/c26-23-16(9-27)20(28-14-3-1-2-4-14)15-7-8-30(24(15)29-23)25-22(34)21(33)17(41-25)10-36-13-42(35)39-11-37-18(31)5-6-19(32)38-12-40-42/h7-8,14,17,21-22,25,33-34H,1-6,10-13H2,(H,28,29)/t17-,21-,22-,25-/m1/s1.